The first-order valence-electron chi connectivity index (χ1n) is 6.08. The van der Waals surface area contributed by atoms with E-state index in [1.807, 2.05) is 0 Å². The van der Waals surface area contributed by atoms with Crippen LogP contribution in [0.2, 0.25) is 5.02 Å². The Morgan fingerprint density at radius 3 is 2.38 bits per heavy atom. The lowest BCUT2D eigenvalue weighted by atomic mass is 10.2. The summed E-state index contributed by atoms with van der Waals surface area (Å²) < 4.78 is 22.6. The Hall–Kier alpha value is -1.80. The van der Waals surface area contributed by atoms with Crippen LogP contribution in [0.1, 0.15) is 10.4 Å². The normalized spacial score (nSPS) is 17.3. The molecule has 2 N–H and O–H groups in total. The topological polar surface area (TPSA) is 104 Å². The minimum atomic E-state index is -3.06. The van der Waals surface area contributed by atoms with Gasteiger partial charge in [0.25, 0.3) is 0 Å². The molecular weight excluding hydrogens is 320 g/mol. The average molecular weight is 333 g/mol. The van der Waals surface area contributed by atoms with E-state index in [1.165, 1.54) is 23.1 Å². The largest absolute Gasteiger partial charge is 0.478 e. The summed E-state index contributed by atoms with van der Waals surface area (Å²) in [5.41, 5.74) is 0.294. The zero-order chi connectivity index (χ0) is 15.6. The molecule has 114 valence electrons. The van der Waals surface area contributed by atoms with Crippen LogP contribution in [0.15, 0.2) is 18.2 Å². The molecule has 1 aliphatic heterocycles. The zero-order valence-electron chi connectivity index (χ0n) is 10.9. The summed E-state index contributed by atoms with van der Waals surface area (Å²) in [7, 11) is -3.06. The highest BCUT2D eigenvalue weighted by Gasteiger charge is 2.25. The molecule has 1 saturated heterocycles. The monoisotopic (exact) mass is 332 g/mol. The molecule has 21 heavy (non-hydrogen) atoms. The summed E-state index contributed by atoms with van der Waals surface area (Å²) >= 11 is 5.91. The van der Waals surface area contributed by atoms with E-state index in [9.17, 15) is 18.0 Å². The zero-order valence-corrected chi connectivity index (χ0v) is 12.4. The molecule has 1 aromatic carbocycles. The number of hydrogen-bond donors (Lipinski definition) is 2. The maximum absolute atomic E-state index is 12.0. The van der Waals surface area contributed by atoms with Gasteiger partial charge >= 0.3 is 12.0 Å². The molecule has 2 amide bonds. The van der Waals surface area contributed by atoms with Crippen molar-refractivity contribution in [1.29, 1.82) is 0 Å². The van der Waals surface area contributed by atoms with Crippen LogP contribution in [0.5, 0.6) is 0 Å². The number of halogens is 1. The highest BCUT2D eigenvalue weighted by Crippen LogP contribution is 2.23. The van der Waals surface area contributed by atoms with Gasteiger partial charge in [-0.25, -0.2) is 18.0 Å². The van der Waals surface area contributed by atoms with Crippen molar-refractivity contribution >= 4 is 39.1 Å². The van der Waals surface area contributed by atoms with Gasteiger partial charge in [0.15, 0.2) is 9.84 Å². The number of urea groups is 1. The predicted molar refractivity (Wildman–Crippen MR) is 77.7 cm³/mol. The number of carboxylic acid groups (broad SMARTS) is 1. The highest BCUT2D eigenvalue weighted by molar-refractivity contribution is 7.91. The van der Waals surface area contributed by atoms with Crippen molar-refractivity contribution < 1.29 is 23.1 Å². The highest BCUT2D eigenvalue weighted by atomic mass is 35.5. The number of carbonyl (C=O) groups excluding carboxylic acids is 1. The van der Waals surface area contributed by atoms with Crippen molar-refractivity contribution in [3.8, 4) is 0 Å². The van der Waals surface area contributed by atoms with Crippen LogP contribution in [0, 0.1) is 0 Å². The van der Waals surface area contributed by atoms with Crippen molar-refractivity contribution in [2.45, 2.75) is 0 Å². The first-order valence-corrected chi connectivity index (χ1v) is 8.27. The Labute approximate surface area is 126 Å². The molecule has 9 heteroatoms. The number of anilines is 1. The van der Waals surface area contributed by atoms with Crippen LogP contribution in [-0.4, -0.2) is 55.0 Å². The van der Waals surface area contributed by atoms with Crippen molar-refractivity contribution in [3.63, 3.8) is 0 Å². The molecule has 7 nitrogen and oxygen atoms in total. The lowest BCUT2D eigenvalue weighted by Crippen LogP contribution is -2.45. The lowest BCUT2D eigenvalue weighted by Gasteiger charge is -2.27. The quantitative estimate of drug-likeness (QED) is 0.849. The Morgan fingerprint density at radius 1 is 1.24 bits per heavy atom. The van der Waals surface area contributed by atoms with Crippen LogP contribution >= 0.6 is 11.6 Å². The van der Waals surface area contributed by atoms with Gasteiger partial charge in [0.2, 0.25) is 0 Å². The van der Waals surface area contributed by atoms with Gasteiger partial charge < -0.3 is 15.3 Å². The Morgan fingerprint density at radius 2 is 1.86 bits per heavy atom. The fourth-order valence-electron chi connectivity index (χ4n) is 1.86. The van der Waals surface area contributed by atoms with Gasteiger partial charge in [0, 0.05) is 13.1 Å². The summed E-state index contributed by atoms with van der Waals surface area (Å²) in [6, 6.07) is 3.49. The molecule has 1 heterocycles. The second-order valence-electron chi connectivity index (χ2n) is 4.57. The van der Waals surface area contributed by atoms with E-state index in [0.29, 0.717) is 0 Å². The number of nitrogens with zero attached hydrogens (tertiary/aromatic N) is 1. The fraction of sp³-hybridized carbons (Fsp3) is 0.333. The SMILES string of the molecule is O=C(O)c1ccc(NC(=O)N2CCS(=O)(=O)CC2)c(Cl)c1. The summed E-state index contributed by atoms with van der Waals surface area (Å²) in [5, 5.41) is 11.5. The molecule has 0 aromatic heterocycles. The van der Waals surface area contributed by atoms with E-state index in [-0.39, 0.29) is 40.9 Å². The lowest BCUT2D eigenvalue weighted by molar-refractivity contribution is 0.0697. The van der Waals surface area contributed by atoms with Gasteiger partial charge in [-0.1, -0.05) is 11.6 Å². The molecule has 0 aliphatic carbocycles. The van der Waals surface area contributed by atoms with Gasteiger partial charge in [-0.2, -0.15) is 0 Å². The number of nitrogens with one attached hydrogen (secondary N) is 1. The summed E-state index contributed by atoms with van der Waals surface area (Å²) in [4.78, 5) is 24.2. The Balaban J connectivity index is 2.05. The Bertz CT molecular complexity index is 675. The minimum absolute atomic E-state index is 0.0158. The number of carbonyl (C=O) groups is 2. The van der Waals surface area contributed by atoms with Crippen LogP contribution in [-0.2, 0) is 9.84 Å². The number of rotatable bonds is 2. The number of benzene rings is 1. The number of hydrogen-bond acceptors (Lipinski definition) is 4. The molecule has 0 atom stereocenters. The molecule has 0 spiro atoms. The summed E-state index contributed by atoms with van der Waals surface area (Å²) in [6.07, 6.45) is 0. The van der Waals surface area contributed by atoms with Gasteiger partial charge in [0.1, 0.15) is 0 Å². The Kier molecular flexibility index (Phi) is 4.38. The molecule has 2 rings (SSSR count). The molecule has 1 fully saturated rings. The molecule has 0 saturated carbocycles. The standard InChI is InChI=1S/C12H13ClN2O5S/c13-9-7-8(11(16)17)1-2-10(9)14-12(18)15-3-5-21(19,20)6-4-15/h1-2,7H,3-6H2,(H,14,18)(H,16,17). The van der Waals surface area contributed by atoms with Gasteiger partial charge in [-0.3, -0.25) is 0 Å². The van der Waals surface area contributed by atoms with E-state index in [4.69, 9.17) is 16.7 Å². The predicted octanol–water partition coefficient (Wildman–Crippen LogP) is 1.30. The molecule has 1 aliphatic rings. The maximum atomic E-state index is 12.0. The first kappa shape index (κ1) is 15.6. The molecule has 1 aromatic rings. The molecule has 0 radical (unpaired) electrons. The van der Waals surface area contributed by atoms with Gasteiger partial charge in [-0.15, -0.1) is 0 Å². The van der Waals surface area contributed by atoms with E-state index in [0.717, 1.165) is 0 Å². The van der Waals surface area contributed by atoms with E-state index >= 15 is 0 Å². The maximum Gasteiger partial charge on any atom is 0.335 e. The first-order chi connectivity index (χ1) is 9.78. The average Bonchev–Trinajstić information content (AvgIpc) is 2.40. The van der Waals surface area contributed by atoms with Crippen molar-refractivity contribution in [2.75, 3.05) is 29.9 Å². The molecule has 0 bridgehead atoms. The second-order valence-corrected chi connectivity index (χ2v) is 7.28. The van der Waals surface area contributed by atoms with Crippen LogP contribution in [0.3, 0.4) is 0 Å². The number of sulfone groups is 1. The molecular formula is C12H13ClN2O5S. The third-order valence-electron chi connectivity index (χ3n) is 3.09. The minimum Gasteiger partial charge on any atom is -0.478 e. The third-order valence-corrected chi connectivity index (χ3v) is 5.01. The third kappa shape index (κ3) is 3.85. The number of aromatic carboxylic acids is 1. The van der Waals surface area contributed by atoms with Crippen molar-refractivity contribution in [1.82, 2.24) is 4.90 Å². The molecule has 0 unspecified atom stereocenters. The van der Waals surface area contributed by atoms with E-state index in [2.05, 4.69) is 5.32 Å². The number of amides is 2. The smallest absolute Gasteiger partial charge is 0.335 e. The number of carboxylic acids is 1. The summed E-state index contributed by atoms with van der Waals surface area (Å²) in [5.74, 6) is -1.24. The van der Waals surface area contributed by atoms with Gasteiger partial charge in [0.05, 0.1) is 27.8 Å². The fourth-order valence-corrected chi connectivity index (χ4v) is 3.29. The van der Waals surface area contributed by atoms with Crippen molar-refractivity contribution in [3.05, 3.63) is 28.8 Å². The van der Waals surface area contributed by atoms with Gasteiger partial charge in [-0.05, 0) is 18.2 Å². The van der Waals surface area contributed by atoms with E-state index < -0.39 is 21.8 Å². The van der Waals surface area contributed by atoms with Crippen molar-refractivity contribution in [2.24, 2.45) is 0 Å². The van der Waals surface area contributed by atoms with Crippen LogP contribution in [0.25, 0.3) is 0 Å². The van der Waals surface area contributed by atoms with Crippen LogP contribution in [0.4, 0.5) is 10.5 Å². The summed E-state index contributed by atoms with van der Waals surface area (Å²) in [6.45, 7) is 0.248. The van der Waals surface area contributed by atoms with Crippen LogP contribution < -0.4 is 5.32 Å². The second kappa shape index (κ2) is 5.90. The van der Waals surface area contributed by atoms with E-state index in [1.54, 1.807) is 0 Å².